The number of hydrogen-bond acceptors (Lipinski definition) is 4. The topological polar surface area (TPSA) is 68.8 Å². The fourth-order valence-corrected chi connectivity index (χ4v) is 2.13. The van der Waals surface area contributed by atoms with E-state index in [-0.39, 0.29) is 6.04 Å². The lowest BCUT2D eigenvalue weighted by atomic mass is 10.0. The van der Waals surface area contributed by atoms with Crippen molar-refractivity contribution < 1.29 is 0 Å². The van der Waals surface area contributed by atoms with Crippen LogP contribution in [0.15, 0.2) is 30.5 Å². The number of hydrazine groups is 1. The van der Waals surface area contributed by atoms with Gasteiger partial charge in [0.1, 0.15) is 0 Å². The maximum Gasteiger partial charge on any atom is 0.0773 e. The van der Waals surface area contributed by atoms with Crippen LogP contribution in [-0.4, -0.2) is 15.0 Å². The molecule has 0 aliphatic carbocycles. The molecule has 0 radical (unpaired) electrons. The van der Waals surface area contributed by atoms with E-state index >= 15 is 0 Å². The van der Waals surface area contributed by atoms with E-state index in [0.29, 0.717) is 0 Å². The summed E-state index contributed by atoms with van der Waals surface area (Å²) in [6.07, 6.45) is 3.64. The fourth-order valence-electron chi connectivity index (χ4n) is 2.13. The highest BCUT2D eigenvalue weighted by Crippen LogP contribution is 2.17. The Morgan fingerprint density at radius 1 is 1.32 bits per heavy atom. The van der Waals surface area contributed by atoms with Crippen LogP contribution in [0.1, 0.15) is 36.2 Å². The molecule has 0 aliphatic rings. The van der Waals surface area contributed by atoms with Gasteiger partial charge in [-0.2, -0.15) is 0 Å². The molecule has 0 aliphatic heterocycles. The first-order valence-electron chi connectivity index (χ1n) is 6.64. The van der Waals surface area contributed by atoms with Crippen molar-refractivity contribution in [3.63, 3.8) is 0 Å². The maximum absolute atomic E-state index is 5.69. The van der Waals surface area contributed by atoms with E-state index in [1.807, 2.05) is 4.68 Å². The summed E-state index contributed by atoms with van der Waals surface area (Å²) >= 11 is 0. The van der Waals surface area contributed by atoms with Crippen LogP contribution in [0.5, 0.6) is 0 Å². The van der Waals surface area contributed by atoms with Crippen molar-refractivity contribution >= 4 is 0 Å². The van der Waals surface area contributed by atoms with Gasteiger partial charge >= 0.3 is 0 Å². The number of rotatable bonds is 6. The standard InChI is InChI=1S/C14H21N5/c1-3-8-19-14(10-16-18-19)13(17-15)9-12-6-4-11(2)5-7-12/h4-7,10,13,17H,3,8-9,15H2,1-2H3. The Bertz CT molecular complexity index is 503. The van der Waals surface area contributed by atoms with E-state index in [0.717, 1.165) is 25.1 Å². The quantitative estimate of drug-likeness (QED) is 0.612. The third kappa shape index (κ3) is 3.39. The molecule has 0 spiro atoms. The van der Waals surface area contributed by atoms with E-state index in [1.54, 1.807) is 6.20 Å². The monoisotopic (exact) mass is 259 g/mol. The van der Waals surface area contributed by atoms with Crippen LogP contribution in [0.4, 0.5) is 0 Å². The van der Waals surface area contributed by atoms with E-state index in [1.165, 1.54) is 11.1 Å². The molecule has 102 valence electrons. The first kappa shape index (κ1) is 13.7. The zero-order valence-electron chi connectivity index (χ0n) is 11.5. The van der Waals surface area contributed by atoms with Crippen LogP contribution < -0.4 is 11.3 Å². The number of nitrogens with zero attached hydrogens (tertiary/aromatic N) is 3. The first-order valence-corrected chi connectivity index (χ1v) is 6.64. The second kappa shape index (κ2) is 6.45. The number of hydrogen-bond donors (Lipinski definition) is 2. The summed E-state index contributed by atoms with van der Waals surface area (Å²) < 4.78 is 1.92. The minimum atomic E-state index is 0.0317. The summed E-state index contributed by atoms with van der Waals surface area (Å²) in [5.74, 6) is 5.69. The Morgan fingerprint density at radius 3 is 2.68 bits per heavy atom. The second-order valence-electron chi connectivity index (χ2n) is 4.79. The zero-order valence-corrected chi connectivity index (χ0v) is 11.5. The molecule has 3 N–H and O–H groups in total. The van der Waals surface area contributed by atoms with Crippen molar-refractivity contribution in [3.8, 4) is 0 Å². The molecular weight excluding hydrogens is 238 g/mol. The molecule has 1 aromatic heterocycles. The summed E-state index contributed by atoms with van der Waals surface area (Å²) in [4.78, 5) is 0. The Kier molecular flexibility index (Phi) is 4.65. The Morgan fingerprint density at radius 2 is 2.05 bits per heavy atom. The molecule has 1 atom stereocenters. The van der Waals surface area contributed by atoms with Crippen molar-refractivity contribution in [1.82, 2.24) is 20.4 Å². The van der Waals surface area contributed by atoms with Gasteiger partial charge in [0, 0.05) is 6.54 Å². The smallest absolute Gasteiger partial charge is 0.0773 e. The molecular formula is C14H21N5. The first-order chi connectivity index (χ1) is 9.24. The molecule has 5 nitrogen and oxygen atoms in total. The Hall–Kier alpha value is -1.72. The average molecular weight is 259 g/mol. The molecule has 5 heteroatoms. The Labute approximate surface area is 113 Å². The number of benzene rings is 1. The van der Waals surface area contributed by atoms with Crippen LogP contribution in [0.3, 0.4) is 0 Å². The minimum absolute atomic E-state index is 0.0317. The van der Waals surface area contributed by atoms with E-state index in [9.17, 15) is 0 Å². The molecule has 0 fully saturated rings. The maximum atomic E-state index is 5.69. The normalized spacial score (nSPS) is 12.6. The molecule has 1 unspecified atom stereocenters. The summed E-state index contributed by atoms with van der Waals surface area (Å²) in [6, 6.07) is 8.53. The van der Waals surface area contributed by atoms with Crippen LogP contribution in [0.25, 0.3) is 0 Å². The molecule has 0 bridgehead atoms. The third-order valence-electron chi connectivity index (χ3n) is 3.20. The van der Waals surface area contributed by atoms with Crippen LogP contribution in [0, 0.1) is 6.92 Å². The highest BCUT2D eigenvalue weighted by molar-refractivity contribution is 5.23. The highest BCUT2D eigenvalue weighted by Gasteiger charge is 2.16. The summed E-state index contributed by atoms with van der Waals surface area (Å²) in [7, 11) is 0. The summed E-state index contributed by atoms with van der Waals surface area (Å²) in [5.41, 5.74) is 6.41. The van der Waals surface area contributed by atoms with Gasteiger partial charge in [-0.3, -0.25) is 11.3 Å². The molecule has 0 saturated heterocycles. The highest BCUT2D eigenvalue weighted by atomic mass is 15.4. The van der Waals surface area contributed by atoms with Gasteiger partial charge in [0.2, 0.25) is 0 Å². The summed E-state index contributed by atoms with van der Waals surface area (Å²) in [5, 5.41) is 8.08. The molecule has 0 amide bonds. The van der Waals surface area contributed by atoms with Gasteiger partial charge in [-0.1, -0.05) is 42.0 Å². The molecule has 19 heavy (non-hydrogen) atoms. The van der Waals surface area contributed by atoms with Gasteiger partial charge in [-0.05, 0) is 25.3 Å². The lowest BCUT2D eigenvalue weighted by Gasteiger charge is -2.17. The molecule has 2 aromatic rings. The number of aryl methyl sites for hydroxylation is 2. The predicted molar refractivity (Wildman–Crippen MR) is 75.3 cm³/mol. The van der Waals surface area contributed by atoms with Gasteiger partial charge in [0.25, 0.3) is 0 Å². The van der Waals surface area contributed by atoms with E-state index in [2.05, 4.69) is 53.9 Å². The minimum Gasteiger partial charge on any atom is -0.271 e. The van der Waals surface area contributed by atoms with Gasteiger partial charge in [0.05, 0.1) is 17.9 Å². The average Bonchev–Trinajstić information content (AvgIpc) is 2.87. The van der Waals surface area contributed by atoms with Crippen molar-refractivity contribution in [1.29, 1.82) is 0 Å². The van der Waals surface area contributed by atoms with Crippen LogP contribution in [0.2, 0.25) is 0 Å². The third-order valence-corrected chi connectivity index (χ3v) is 3.20. The molecule has 1 heterocycles. The molecule has 2 rings (SSSR count). The SMILES string of the molecule is CCCn1nncc1C(Cc1ccc(C)cc1)NN. The van der Waals surface area contributed by atoms with Gasteiger partial charge in [-0.25, -0.2) is 4.68 Å². The van der Waals surface area contributed by atoms with Crippen LogP contribution >= 0.6 is 0 Å². The predicted octanol–water partition coefficient (Wildman–Crippen LogP) is 1.74. The van der Waals surface area contributed by atoms with E-state index < -0.39 is 0 Å². The lowest BCUT2D eigenvalue weighted by molar-refractivity contribution is 0.474. The second-order valence-corrected chi connectivity index (χ2v) is 4.79. The van der Waals surface area contributed by atoms with Gasteiger partial charge < -0.3 is 0 Å². The lowest BCUT2D eigenvalue weighted by Crippen LogP contribution is -2.31. The zero-order chi connectivity index (χ0) is 13.7. The largest absolute Gasteiger partial charge is 0.271 e. The van der Waals surface area contributed by atoms with Gasteiger partial charge in [0.15, 0.2) is 0 Å². The van der Waals surface area contributed by atoms with Gasteiger partial charge in [-0.15, -0.1) is 5.10 Å². The van der Waals surface area contributed by atoms with Crippen molar-refractivity contribution in [2.45, 2.75) is 39.3 Å². The fraction of sp³-hybridized carbons (Fsp3) is 0.429. The number of nitrogens with one attached hydrogen (secondary N) is 1. The van der Waals surface area contributed by atoms with Crippen molar-refractivity contribution in [2.24, 2.45) is 5.84 Å². The van der Waals surface area contributed by atoms with Crippen molar-refractivity contribution in [3.05, 3.63) is 47.3 Å². The molecule has 0 saturated carbocycles. The molecule has 1 aromatic carbocycles. The summed E-state index contributed by atoms with van der Waals surface area (Å²) in [6.45, 7) is 5.07. The van der Waals surface area contributed by atoms with Crippen LogP contribution in [-0.2, 0) is 13.0 Å². The Balaban J connectivity index is 2.15. The van der Waals surface area contributed by atoms with E-state index in [4.69, 9.17) is 5.84 Å². The van der Waals surface area contributed by atoms with Crippen molar-refractivity contribution in [2.75, 3.05) is 0 Å². The number of aromatic nitrogens is 3. The number of nitrogens with two attached hydrogens (primary N) is 1.